The molecule has 1 saturated heterocycles. The lowest BCUT2D eigenvalue weighted by Crippen LogP contribution is -2.50. The first-order chi connectivity index (χ1) is 9.02. The Morgan fingerprint density at radius 2 is 1.84 bits per heavy atom. The SMILES string of the molecule is Cc1ccc(C)c(C(=O)C(C)N2CCNCC2)c1O. The molecule has 1 atom stereocenters. The molecule has 0 radical (unpaired) electrons. The Labute approximate surface area is 114 Å². The molecule has 19 heavy (non-hydrogen) atoms. The monoisotopic (exact) mass is 262 g/mol. The number of carbonyl (C=O) groups excluding carboxylic acids is 1. The number of hydrogen-bond donors (Lipinski definition) is 2. The maximum absolute atomic E-state index is 12.6. The Morgan fingerprint density at radius 3 is 2.47 bits per heavy atom. The minimum absolute atomic E-state index is 0.0144. The number of carbonyl (C=O) groups is 1. The standard InChI is InChI=1S/C15H22N2O2/c1-10-4-5-11(2)14(18)13(10)15(19)12(3)17-8-6-16-7-9-17/h4-5,12,16,18H,6-9H2,1-3H3. The van der Waals surface area contributed by atoms with E-state index in [2.05, 4.69) is 10.2 Å². The van der Waals surface area contributed by atoms with Crippen LogP contribution < -0.4 is 5.32 Å². The van der Waals surface area contributed by atoms with E-state index in [9.17, 15) is 9.90 Å². The van der Waals surface area contributed by atoms with Gasteiger partial charge in [-0.05, 0) is 31.9 Å². The number of aryl methyl sites for hydroxylation is 2. The fraction of sp³-hybridized carbons (Fsp3) is 0.533. The van der Waals surface area contributed by atoms with Gasteiger partial charge in [-0.2, -0.15) is 0 Å². The van der Waals surface area contributed by atoms with Crippen molar-refractivity contribution in [3.8, 4) is 5.75 Å². The number of phenols is 1. The molecule has 0 spiro atoms. The molecule has 2 N–H and O–H groups in total. The highest BCUT2D eigenvalue weighted by atomic mass is 16.3. The van der Waals surface area contributed by atoms with Crippen LogP contribution in [0.2, 0.25) is 0 Å². The molecule has 1 aliphatic heterocycles. The van der Waals surface area contributed by atoms with E-state index in [1.54, 1.807) is 0 Å². The zero-order chi connectivity index (χ0) is 14.0. The summed E-state index contributed by atoms with van der Waals surface area (Å²) in [7, 11) is 0. The molecule has 1 heterocycles. The van der Waals surface area contributed by atoms with Gasteiger partial charge in [0, 0.05) is 26.2 Å². The Morgan fingerprint density at radius 1 is 1.26 bits per heavy atom. The molecule has 4 nitrogen and oxygen atoms in total. The second kappa shape index (κ2) is 5.72. The molecule has 1 unspecified atom stereocenters. The average Bonchev–Trinajstić information content (AvgIpc) is 2.43. The first-order valence-electron chi connectivity index (χ1n) is 6.80. The zero-order valence-corrected chi connectivity index (χ0v) is 11.9. The van der Waals surface area contributed by atoms with Crippen molar-refractivity contribution in [1.29, 1.82) is 0 Å². The minimum atomic E-state index is -0.187. The average molecular weight is 262 g/mol. The third-order valence-electron chi connectivity index (χ3n) is 3.91. The summed E-state index contributed by atoms with van der Waals surface area (Å²) < 4.78 is 0. The summed E-state index contributed by atoms with van der Waals surface area (Å²) in [4.78, 5) is 14.8. The van der Waals surface area contributed by atoms with Crippen molar-refractivity contribution in [3.63, 3.8) is 0 Å². The van der Waals surface area contributed by atoms with E-state index in [-0.39, 0.29) is 17.6 Å². The van der Waals surface area contributed by atoms with E-state index in [0.717, 1.165) is 37.3 Å². The predicted molar refractivity (Wildman–Crippen MR) is 75.8 cm³/mol. The van der Waals surface area contributed by atoms with Gasteiger partial charge in [-0.25, -0.2) is 0 Å². The van der Waals surface area contributed by atoms with E-state index in [1.165, 1.54) is 0 Å². The highest BCUT2D eigenvalue weighted by molar-refractivity contribution is 6.03. The molecule has 1 aromatic rings. The molecule has 104 valence electrons. The molecule has 4 heteroatoms. The maximum atomic E-state index is 12.6. The fourth-order valence-corrected chi connectivity index (χ4v) is 2.55. The van der Waals surface area contributed by atoms with Gasteiger partial charge >= 0.3 is 0 Å². The molecule has 0 amide bonds. The predicted octanol–water partition coefficient (Wildman–Crippen LogP) is 1.49. The smallest absolute Gasteiger partial charge is 0.183 e. The number of nitrogens with one attached hydrogen (secondary N) is 1. The molecule has 0 aliphatic carbocycles. The van der Waals surface area contributed by atoms with Gasteiger partial charge in [-0.1, -0.05) is 12.1 Å². The quantitative estimate of drug-likeness (QED) is 0.810. The first-order valence-corrected chi connectivity index (χ1v) is 6.80. The van der Waals surface area contributed by atoms with E-state index in [0.29, 0.717) is 5.56 Å². The highest BCUT2D eigenvalue weighted by Crippen LogP contribution is 2.27. The number of piperazine rings is 1. The highest BCUT2D eigenvalue weighted by Gasteiger charge is 2.27. The summed E-state index contributed by atoms with van der Waals surface area (Å²) in [6.45, 7) is 9.19. The molecule has 1 aliphatic rings. The Bertz CT molecular complexity index is 479. The summed E-state index contributed by atoms with van der Waals surface area (Å²) in [6, 6.07) is 3.55. The second-order valence-electron chi connectivity index (χ2n) is 5.25. The van der Waals surface area contributed by atoms with Gasteiger partial charge in [0.15, 0.2) is 5.78 Å². The Hall–Kier alpha value is -1.39. The van der Waals surface area contributed by atoms with Crippen LogP contribution >= 0.6 is 0 Å². The van der Waals surface area contributed by atoms with Gasteiger partial charge in [-0.15, -0.1) is 0 Å². The van der Waals surface area contributed by atoms with Crippen LogP contribution in [-0.4, -0.2) is 48.0 Å². The van der Waals surface area contributed by atoms with Crippen molar-refractivity contribution in [1.82, 2.24) is 10.2 Å². The van der Waals surface area contributed by atoms with E-state index in [1.807, 2.05) is 32.9 Å². The summed E-state index contributed by atoms with van der Waals surface area (Å²) in [5.74, 6) is 0.146. The molecule has 0 bridgehead atoms. The molecule has 0 saturated carbocycles. The molecule has 1 fully saturated rings. The Balaban J connectivity index is 2.26. The van der Waals surface area contributed by atoms with Crippen LogP contribution in [0.15, 0.2) is 12.1 Å². The topological polar surface area (TPSA) is 52.6 Å². The number of nitrogens with zero attached hydrogens (tertiary/aromatic N) is 1. The summed E-state index contributed by atoms with van der Waals surface area (Å²) >= 11 is 0. The molecule has 0 aromatic heterocycles. The van der Waals surface area contributed by atoms with Crippen molar-refractivity contribution >= 4 is 5.78 Å². The molecule has 1 aromatic carbocycles. The summed E-state index contributed by atoms with van der Waals surface area (Å²) in [6.07, 6.45) is 0. The van der Waals surface area contributed by atoms with E-state index < -0.39 is 0 Å². The van der Waals surface area contributed by atoms with Crippen molar-refractivity contribution in [2.24, 2.45) is 0 Å². The van der Waals surface area contributed by atoms with Gasteiger partial charge in [-0.3, -0.25) is 9.69 Å². The molecular formula is C15H22N2O2. The van der Waals surface area contributed by atoms with E-state index in [4.69, 9.17) is 0 Å². The maximum Gasteiger partial charge on any atom is 0.183 e. The van der Waals surface area contributed by atoms with Crippen LogP contribution in [0, 0.1) is 13.8 Å². The molecular weight excluding hydrogens is 240 g/mol. The number of rotatable bonds is 3. The van der Waals surface area contributed by atoms with Crippen molar-refractivity contribution in [2.45, 2.75) is 26.8 Å². The Kier molecular flexibility index (Phi) is 4.22. The number of hydrogen-bond acceptors (Lipinski definition) is 4. The lowest BCUT2D eigenvalue weighted by Gasteiger charge is -2.32. The van der Waals surface area contributed by atoms with Crippen LogP contribution in [0.5, 0.6) is 5.75 Å². The number of aromatic hydroxyl groups is 1. The van der Waals surface area contributed by atoms with Crippen LogP contribution in [0.3, 0.4) is 0 Å². The third-order valence-corrected chi connectivity index (χ3v) is 3.91. The number of benzene rings is 1. The van der Waals surface area contributed by atoms with Crippen LogP contribution in [0.4, 0.5) is 0 Å². The first kappa shape index (κ1) is 14.0. The largest absolute Gasteiger partial charge is 0.507 e. The third kappa shape index (κ3) is 2.80. The molecule has 2 rings (SSSR count). The number of Topliss-reactive ketones (excluding diaryl/α,β-unsaturated/α-hetero) is 1. The van der Waals surface area contributed by atoms with Crippen LogP contribution in [0.1, 0.15) is 28.4 Å². The zero-order valence-electron chi connectivity index (χ0n) is 11.9. The summed E-state index contributed by atoms with van der Waals surface area (Å²) in [5.41, 5.74) is 2.07. The van der Waals surface area contributed by atoms with Gasteiger partial charge < -0.3 is 10.4 Å². The number of phenolic OH excluding ortho intramolecular Hbond substituents is 1. The number of ketones is 1. The van der Waals surface area contributed by atoms with Crippen LogP contribution in [0.25, 0.3) is 0 Å². The minimum Gasteiger partial charge on any atom is -0.507 e. The van der Waals surface area contributed by atoms with Gasteiger partial charge in [0.05, 0.1) is 11.6 Å². The normalized spacial score (nSPS) is 18.3. The lowest BCUT2D eigenvalue weighted by molar-refractivity contribution is 0.0816. The van der Waals surface area contributed by atoms with Crippen molar-refractivity contribution < 1.29 is 9.90 Å². The van der Waals surface area contributed by atoms with Gasteiger partial charge in [0.25, 0.3) is 0 Å². The van der Waals surface area contributed by atoms with Crippen molar-refractivity contribution in [2.75, 3.05) is 26.2 Å². The van der Waals surface area contributed by atoms with Crippen LogP contribution in [-0.2, 0) is 0 Å². The van der Waals surface area contributed by atoms with E-state index >= 15 is 0 Å². The van der Waals surface area contributed by atoms with Crippen molar-refractivity contribution in [3.05, 3.63) is 28.8 Å². The van der Waals surface area contributed by atoms with Gasteiger partial charge in [0.2, 0.25) is 0 Å². The lowest BCUT2D eigenvalue weighted by atomic mass is 9.96. The fourth-order valence-electron chi connectivity index (χ4n) is 2.55. The second-order valence-corrected chi connectivity index (χ2v) is 5.25. The van der Waals surface area contributed by atoms with Gasteiger partial charge in [0.1, 0.15) is 5.75 Å². The summed E-state index contributed by atoms with van der Waals surface area (Å²) in [5, 5.41) is 13.4.